The van der Waals surface area contributed by atoms with Gasteiger partial charge in [-0.05, 0) is 50.0 Å². The largest absolute Gasteiger partial charge is 0.317 e. The van der Waals surface area contributed by atoms with Gasteiger partial charge in [-0.25, -0.2) is 13.1 Å². The van der Waals surface area contributed by atoms with Crippen molar-refractivity contribution < 1.29 is 8.42 Å². The third-order valence-electron chi connectivity index (χ3n) is 4.00. The molecule has 0 saturated heterocycles. The highest BCUT2D eigenvalue weighted by Crippen LogP contribution is 2.20. The van der Waals surface area contributed by atoms with Crippen molar-refractivity contribution in [1.82, 2.24) is 10.0 Å². The molecule has 118 valence electrons. The molecule has 1 aromatic carbocycles. The van der Waals surface area contributed by atoms with Crippen LogP contribution in [0, 0.1) is 0 Å². The van der Waals surface area contributed by atoms with Crippen LogP contribution in [0.4, 0.5) is 0 Å². The van der Waals surface area contributed by atoms with Crippen LogP contribution in [-0.4, -0.2) is 27.5 Å². The molecule has 0 atom stereocenters. The monoisotopic (exact) mass is 310 g/mol. The molecule has 0 heterocycles. The van der Waals surface area contributed by atoms with Crippen molar-refractivity contribution in [2.75, 3.05) is 13.1 Å². The number of hydrogen-bond acceptors (Lipinski definition) is 3. The summed E-state index contributed by atoms with van der Waals surface area (Å²) in [5, 5.41) is 3.27. The molecule has 2 N–H and O–H groups in total. The molecule has 0 aliphatic heterocycles. The number of likely N-dealkylation sites (N-methyl/N-ethyl adjacent to an activating group) is 1. The quantitative estimate of drug-likeness (QED) is 0.761. The molecule has 0 spiro atoms. The van der Waals surface area contributed by atoms with Gasteiger partial charge in [0.25, 0.3) is 0 Å². The van der Waals surface area contributed by atoms with Gasteiger partial charge in [0.15, 0.2) is 0 Å². The van der Waals surface area contributed by atoms with Gasteiger partial charge in [-0.3, -0.25) is 0 Å². The average molecular weight is 310 g/mol. The van der Waals surface area contributed by atoms with Crippen LogP contribution in [0.3, 0.4) is 0 Å². The van der Waals surface area contributed by atoms with E-state index in [1.165, 1.54) is 6.42 Å². The summed E-state index contributed by atoms with van der Waals surface area (Å²) in [7, 11) is -3.37. The minimum atomic E-state index is -3.37. The smallest absolute Gasteiger partial charge is 0.240 e. The fourth-order valence-electron chi connectivity index (χ4n) is 2.75. The normalized spacial score (nSPS) is 17.0. The maximum Gasteiger partial charge on any atom is 0.240 e. The summed E-state index contributed by atoms with van der Waals surface area (Å²) in [4.78, 5) is 0.375. The molecule has 0 amide bonds. The fourth-order valence-corrected chi connectivity index (χ4v) is 4.06. The minimum Gasteiger partial charge on any atom is -0.317 e. The SMILES string of the molecule is CCNCCc1ccc(S(=O)(=O)NC2CCCCC2)cc1. The van der Waals surface area contributed by atoms with Crippen LogP contribution in [0.1, 0.15) is 44.6 Å². The summed E-state index contributed by atoms with van der Waals surface area (Å²) < 4.78 is 27.5. The second kappa shape index (κ2) is 7.92. The zero-order valence-corrected chi connectivity index (χ0v) is 13.6. The Morgan fingerprint density at radius 2 is 1.76 bits per heavy atom. The van der Waals surface area contributed by atoms with Gasteiger partial charge in [0.05, 0.1) is 4.90 Å². The van der Waals surface area contributed by atoms with E-state index in [2.05, 4.69) is 17.0 Å². The van der Waals surface area contributed by atoms with Crippen molar-refractivity contribution in [3.8, 4) is 0 Å². The molecular weight excluding hydrogens is 284 g/mol. The van der Waals surface area contributed by atoms with Crippen molar-refractivity contribution in [2.45, 2.75) is 56.4 Å². The molecule has 2 rings (SSSR count). The first-order valence-electron chi connectivity index (χ1n) is 7.94. The Labute approximate surface area is 128 Å². The molecule has 1 aromatic rings. The Kier molecular flexibility index (Phi) is 6.21. The van der Waals surface area contributed by atoms with Crippen molar-refractivity contribution in [2.24, 2.45) is 0 Å². The summed E-state index contributed by atoms with van der Waals surface area (Å²) in [6, 6.07) is 7.36. The van der Waals surface area contributed by atoms with Crippen LogP contribution >= 0.6 is 0 Å². The highest BCUT2D eigenvalue weighted by Gasteiger charge is 2.21. The predicted octanol–water partition coefficient (Wildman–Crippen LogP) is 2.45. The molecule has 1 aliphatic rings. The van der Waals surface area contributed by atoms with E-state index in [1.807, 2.05) is 12.1 Å². The summed E-state index contributed by atoms with van der Waals surface area (Å²) in [5.41, 5.74) is 1.16. The number of hydrogen-bond donors (Lipinski definition) is 2. The lowest BCUT2D eigenvalue weighted by molar-refractivity contribution is 0.412. The molecule has 5 heteroatoms. The van der Waals surface area contributed by atoms with Crippen LogP contribution in [0.25, 0.3) is 0 Å². The number of benzene rings is 1. The van der Waals surface area contributed by atoms with Gasteiger partial charge in [-0.15, -0.1) is 0 Å². The zero-order chi connectivity index (χ0) is 15.1. The van der Waals surface area contributed by atoms with Crippen LogP contribution in [0.2, 0.25) is 0 Å². The lowest BCUT2D eigenvalue weighted by Gasteiger charge is -2.22. The Balaban J connectivity index is 1.95. The highest BCUT2D eigenvalue weighted by atomic mass is 32.2. The van der Waals surface area contributed by atoms with Gasteiger partial charge in [0.1, 0.15) is 0 Å². The third kappa shape index (κ3) is 5.09. The van der Waals surface area contributed by atoms with E-state index >= 15 is 0 Å². The standard InChI is InChI=1S/C16H26N2O2S/c1-2-17-13-12-14-8-10-16(11-9-14)21(19,20)18-15-6-4-3-5-7-15/h8-11,15,17-18H,2-7,12-13H2,1H3. The van der Waals surface area contributed by atoms with Gasteiger partial charge in [-0.2, -0.15) is 0 Å². The van der Waals surface area contributed by atoms with Crippen LogP contribution in [-0.2, 0) is 16.4 Å². The molecule has 4 nitrogen and oxygen atoms in total. The highest BCUT2D eigenvalue weighted by molar-refractivity contribution is 7.89. The van der Waals surface area contributed by atoms with Crippen molar-refractivity contribution in [3.63, 3.8) is 0 Å². The number of nitrogens with one attached hydrogen (secondary N) is 2. The summed E-state index contributed by atoms with van der Waals surface area (Å²) in [5.74, 6) is 0. The second-order valence-electron chi connectivity index (χ2n) is 5.70. The summed E-state index contributed by atoms with van der Waals surface area (Å²) in [6.45, 7) is 3.95. The first-order chi connectivity index (χ1) is 10.1. The molecule has 1 fully saturated rings. The first-order valence-corrected chi connectivity index (χ1v) is 9.42. The lowest BCUT2D eigenvalue weighted by atomic mass is 9.96. The van der Waals surface area contributed by atoms with Crippen LogP contribution in [0.15, 0.2) is 29.2 Å². The third-order valence-corrected chi connectivity index (χ3v) is 5.54. The van der Waals surface area contributed by atoms with E-state index in [1.54, 1.807) is 12.1 Å². The van der Waals surface area contributed by atoms with Gasteiger partial charge >= 0.3 is 0 Å². The van der Waals surface area contributed by atoms with E-state index in [0.717, 1.165) is 50.8 Å². The van der Waals surface area contributed by atoms with Crippen molar-refractivity contribution in [1.29, 1.82) is 0 Å². The molecule has 21 heavy (non-hydrogen) atoms. The van der Waals surface area contributed by atoms with E-state index in [4.69, 9.17) is 0 Å². The fraction of sp³-hybridized carbons (Fsp3) is 0.625. The Morgan fingerprint density at radius 3 is 2.38 bits per heavy atom. The van der Waals surface area contributed by atoms with E-state index in [9.17, 15) is 8.42 Å². The van der Waals surface area contributed by atoms with Gasteiger partial charge < -0.3 is 5.32 Å². The van der Waals surface area contributed by atoms with E-state index < -0.39 is 10.0 Å². The van der Waals surface area contributed by atoms with Gasteiger partial charge in [0, 0.05) is 6.04 Å². The Morgan fingerprint density at radius 1 is 1.10 bits per heavy atom. The maximum atomic E-state index is 12.3. The number of rotatable bonds is 7. The van der Waals surface area contributed by atoms with Gasteiger partial charge in [0.2, 0.25) is 10.0 Å². The Bertz CT molecular complexity index is 520. The average Bonchev–Trinajstić information content (AvgIpc) is 2.49. The topological polar surface area (TPSA) is 58.2 Å². The van der Waals surface area contributed by atoms with E-state index in [-0.39, 0.29) is 6.04 Å². The van der Waals surface area contributed by atoms with Crippen LogP contribution < -0.4 is 10.0 Å². The zero-order valence-electron chi connectivity index (χ0n) is 12.8. The van der Waals surface area contributed by atoms with E-state index in [0.29, 0.717) is 4.90 Å². The summed E-state index contributed by atoms with van der Waals surface area (Å²) >= 11 is 0. The summed E-state index contributed by atoms with van der Waals surface area (Å²) in [6.07, 6.45) is 6.30. The number of sulfonamides is 1. The Hall–Kier alpha value is -0.910. The lowest BCUT2D eigenvalue weighted by Crippen LogP contribution is -2.36. The van der Waals surface area contributed by atoms with Crippen molar-refractivity contribution >= 4 is 10.0 Å². The molecule has 1 saturated carbocycles. The molecular formula is C16H26N2O2S. The predicted molar refractivity (Wildman–Crippen MR) is 85.9 cm³/mol. The van der Waals surface area contributed by atoms with Crippen molar-refractivity contribution in [3.05, 3.63) is 29.8 Å². The van der Waals surface area contributed by atoms with Crippen LogP contribution in [0.5, 0.6) is 0 Å². The second-order valence-corrected chi connectivity index (χ2v) is 7.42. The molecule has 0 unspecified atom stereocenters. The molecule has 0 aromatic heterocycles. The molecule has 1 aliphatic carbocycles. The maximum absolute atomic E-state index is 12.3. The minimum absolute atomic E-state index is 0.109. The first kappa shape index (κ1) is 16.5. The molecule has 0 radical (unpaired) electrons. The molecule has 0 bridgehead atoms. The van der Waals surface area contributed by atoms with Gasteiger partial charge in [-0.1, -0.05) is 38.3 Å².